The Morgan fingerprint density at radius 3 is 2.43 bits per heavy atom. The SMILES string of the molecule is C=CCn1c(SCc2cc(OC)c(OC)cc2C)nnc1-c1ccc(Cl)cc1. The molecule has 0 spiro atoms. The largest absolute Gasteiger partial charge is 0.493 e. The van der Waals surface area contributed by atoms with Crippen LogP contribution in [0.3, 0.4) is 0 Å². The van der Waals surface area contributed by atoms with Crippen molar-refractivity contribution in [3.63, 3.8) is 0 Å². The first-order chi connectivity index (χ1) is 13.6. The van der Waals surface area contributed by atoms with E-state index in [0.29, 0.717) is 11.6 Å². The van der Waals surface area contributed by atoms with Gasteiger partial charge in [-0.15, -0.1) is 16.8 Å². The fourth-order valence-electron chi connectivity index (χ4n) is 2.82. The summed E-state index contributed by atoms with van der Waals surface area (Å²) >= 11 is 7.63. The molecule has 0 amide bonds. The summed E-state index contributed by atoms with van der Waals surface area (Å²) in [5.74, 6) is 2.98. The lowest BCUT2D eigenvalue weighted by Crippen LogP contribution is -2.01. The Morgan fingerprint density at radius 1 is 1.11 bits per heavy atom. The van der Waals surface area contributed by atoms with Gasteiger partial charge in [0.1, 0.15) is 0 Å². The highest BCUT2D eigenvalue weighted by Crippen LogP contribution is 2.34. The number of thioether (sulfide) groups is 1. The Morgan fingerprint density at radius 2 is 1.79 bits per heavy atom. The normalized spacial score (nSPS) is 10.7. The van der Waals surface area contributed by atoms with E-state index < -0.39 is 0 Å². The molecular weight excluding hydrogens is 394 g/mol. The monoisotopic (exact) mass is 415 g/mol. The van der Waals surface area contributed by atoms with Crippen molar-refractivity contribution in [3.8, 4) is 22.9 Å². The quantitative estimate of drug-likeness (QED) is 0.364. The van der Waals surface area contributed by atoms with Gasteiger partial charge in [0.2, 0.25) is 0 Å². The van der Waals surface area contributed by atoms with Gasteiger partial charge >= 0.3 is 0 Å². The third kappa shape index (κ3) is 4.34. The van der Waals surface area contributed by atoms with Crippen molar-refractivity contribution in [1.82, 2.24) is 14.8 Å². The number of hydrogen-bond donors (Lipinski definition) is 0. The number of ether oxygens (including phenoxy) is 2. The first kappa shape index (κ1) is 20.3. The summed E-state index contributed by atoms with van der Waals surface area (Å²) < 4.78 is 12.8. The van der Waals surface area contributed by atoms with E-state index in [9.17, 15) is 0 Å². The standard InChI is InChI=1S/C21H22ClN3O2S/c1-5-10-25-20(15-6-8-17(22)9-7-15)23-24-21(25)28-13-16-12-19(27-4)18(26-3)11-14(16)2/h5-9,11-12H,1,10,13H2,2-4H3. The third-order valence-electron chi connectivity index (χ3n) is 4.33. The minimum atomic E-state index is 0.623. The molecule has 0 saturated heterocycles. The second-order valence-corrected chi connectivity index (χ2v) is 7.51. The highest BCUT2D eigenvalue weighted by molar-refractivity contribution is 7.98. The minimum absolute atomic E-state index is 0.623. The van der Waals surface area contributed by atoms with Crippen LogP contribution in [0.4, 0.5) is 0 Å². The zero-order chi connectivity index (χ0) is 20.1. The first-order valence-electron chi connectivity index (χ1n) is 8.71. The fraction of sp³-hybridized carbons (Fsp3) is 0.238. The average Bonchev–Trinajstić information content (AvgIpc) is 3.10. The molecule has 0 atom stereocenters. The van der Waals surface area contributed by atoms with E-state index in [1.807, 2.05) is 42.5 Å². The number of hydrogen-bond acceptors (Lipinski definition) is 5. The number of nitrogens with zero attached hydrogens (tertiary/aromatic N) is 3. The van der Waals surface area contributed by atoms with Gasteiger partial charge in [0.05, 0.1) is 14.2 Å². The Bertz CT molecular complexity index is 971. The molecule has 0 unspecified atom stereocenters. The molecule has 0 aliphatic heterocycles. The highest BCUT2D eigenvalue weighted by Gasteiger charge is 2.15. The van der Waals surface area contributed by atoms with Gasteiger partial charge in [0.25, 0.3) is 0 Å². The number of rotatable bonds is 8. The van der Waals surface area contributed by atoms with Crippen LogP contribution < -0.4 is 9.47 Å². The van der Waals surface area contributed by atoms with E-state index in [1.165, 1.54) is 0 Å². The summed E-state index contributed by atoms with van der Waals surface area (Å²) in [6.07, 6.45) is 1.84. The maximum atomic E-state index is 6.00. The maximum absolute atomic E-state index is 6.00. The molecule has 5 nitrogen and oxygen atoms in total. The molecule has 0 aliphatic rings. The van der Waals surface area contributed by atoms with Gasteiger partial charge < -0.3 is 9.47 Å². The molecule has 0 fully saturated rings. The average molecular weight is 416 g/mol. The summed E-state index contributed by atoms with van der Waals surface area (Å²) in [6, 6.07) is 11.6. The van der Waals surface area contributed by atoms with E-state index >= 15 is 0 Å². The predicted molar refractivity (Wildman–Crippen MR) is 115 cm³/mol. The molecule has 0 N–H and O–H groups in total. The van der Waals surface area contributed by atoms with Crippen LogP contribution in [0.15, 0.2) is 54.2 Å². The molecule has 0 radical (unpaired) electrons. The van der Waals surface area contributed by atoms with Crippen LogP contribution in [0.5, 0.6) is 11.5 Å². The molecule has 0 bridgehead atoms. The number of halogens is 1. The molecule has 0 aliphatic carbocycles. The topological polar surface area (TPSA) is 49.2 Å². The summed E-state index contributed by atoms with van der Waals surface area (Å²) in [7, 11) is 3.28. The number of aromatic nitrogens is 3. The Labute approximate surface area is 174 Å². The molecule has 1 aromatic heterocycles. The van der Waals surface area contributed by atoms with Crippen molar-refractivity contribution in [2.24, 2.45) is 0 Å². The minimum Gasteiger partial charge on any atom is -0.493 e. The van der Waals surface area contributed by atoms with Gasteiger partial charge in [-0.25, -0.2) is 0 Å². The zero-order valence-electron chi connectivity index (χ0n) is 16.1. The third-order valence-corrected chi connectivity index (χ3v) is 5.60. The van der Waals surface area contributed by atoms with Crippen LogP contribution in [0.25, 0.3) is 11.4 Å². The van der Waals surface area contributed by atoms with Gasteiger partial charge in [-0.05, 0) is 54.4 Å². The molecule has 7 heteroatoms. The Kier molecular flexibility index (Phi) is 6.65. The van der Waals surface area contributed by atoms with Crippen molar-refractivity contribution >= 4 is 23.4 Å². The molecule has 3 rings (SSSR count). The molecular formula is C21H22ClN3O2S. The number of methoxy groups -OCH3 is 2. The Hall–Kier alpha value is -2.44. The second-order valence-electron chi connectivity index (χ2n) is 6.13. The van der Waals surface area contributed by atoms with Crippen LogP contribution in [-0.2, 0) is 12.3 Å². The molecule has 146 valence electrons. The predicted octanol–water partition coefficient (Wildman–Crippen LogP) is 5.40. The second kappa shape index (κ2) is 9.17. The lowest BCUT2D eigenvalue weighted by atomic mass is 10.1. The Balaban J connectivity index is 1.87. The number of aryl methyl sites for hydroxylation is 1. The molecule has 0 saturated carbocycles. The molecule has 28 heavy (non-hydrogen) atoms. The molecule has 1 heterocycles. The molecule has 3 aromatic rings. The summed E-state index contributed by atoms with van der Waals surface area (Å²) in [6.45, 7) is 6.55. The van der Waals surface area contributed by atoms with Crippen molar-refractivity contribution in [3.05, 3.63) is 65.2 Å². The van der Waals surface area contributed by atoms with Crippen LogP contribution in [0.1, 0.15) is 11.1 Å². The van der Waals surface area contributed by atoms with Crippen molar-refractivity contribution in [2.75, 3.05) is 14.2 Å². The summed E-state index contributed by atoms with van der Waals surface area (Å²) in [5.41, 5.74) is 3.26. The van der Waals surface area contributed by atoms with Crippen LogP contribution >= 0.6 is 23.4 Å². The van der Waals surface area contributed by atoms with E-state index in [-0.39, 0.29) is 0 Å². The van der Waals surface area contributed by atoms with Crippen LogP contribution in [0, 0.1) is 6.92 Å². The summed E-state index contributed by atoms with van der Waals surface area (Å²) in [5, 5.41) is 10.3. The van der Waals surface area contributed by atoms with E-state index in [1.54, 1.807) is 26.0 Å². The molecule has 2 aromatic carbocycles. The first-order valence-corrected chi connectivity index (χ1v) is 10.1. The van der Waals surface area contributed by atoms with Gasteiger partial charge in [0.15, 0.2) is 22.5 Å². The van der Waals surface area contributed by atoms with E-state index in [4.69, 9.17) is 21.1 Å². The summed E-state index contributed by atoms with van der Waals surface area (Å²) in [4.78, 5) is 0. The highest BCUT2D eigenvalue weighted by atomic mass is 35.5. The lowest BCUT2D eigenvalue weighted by molar-refractivity contribution is 0.354. The number of allylic oxidation sites excluding steroid dienone is 1. The van der Waals surface area contributed by atoms with Crippen LogP contribution in [-0.4, -0.2) is 29.0 Å². The van der Waals surface area contributed by atoms with Crippen LogP contribution in [0.2, 0.25) is 5.02 Å². The van der Waals surface area contributed by atoms with Gasteiger partial charge in [-0.2, -0.15) is 0 Å². The lowest BCUT2D eigenvalue weighted by Gasteiger charge is -2.13. The fourth-order valence-corrected chi connectivity index (χ4v) is 3.96. The maximum Gasteiger partial charge on any atom is 0.192 e. The van der Waals surface area contributed by atoms with E-state index in [2.05, 4.69) is 28.3 Å². The van der Waals surface area contributed by atoms with Gasteiger partial charge in [0, 0.05) is 22.9 Å². The number of benzene rings is 2. The van der Waals surface area contributed by atoms with Crippen molar-refractivity contribution in [2.45, 2.75) is 24.4 Å². The zero-order valence-corrected chi connectivity index (χ0v) is 17.7. The van der Waals surface area contributed by atoms with Crippen molar-refractivity contribution in [1.29, 1.82) is 0 Å². The van der Waals surface area contributed by atoms with Gasteiger partial charge in [-0.1, -0.05) is 29.4 Å². The smallest absolute Gasteiger partial charge is 0.192 e. The van der Waals surface area contributed by atoms with Crippen molar-refractivity contribution < 1.29 is 9.47 Å². The van der Waals surface area contributed by atoms with E-state index in [0.717, 1.165) is 44.9 Å². The van der Waals surface area contributed by atoms with Gasteiger partial charge in [-0.3, -0.25) is 4.57 Å².